The van der Waals surface area contributed by atoms with Crippen LogP contribution in [0.3, 0.4) is 0 Å². The lowest BCUT2D eigenvalue weighted by atomic mass is 10.1. The number of aryl methyl sites for hydroxylation is 1. The zero-order valence-corrected chi connectivity index (χ0v) is 20.5. The van der Waals surface area contributed by atoms with Crippen LogP contribution in [-0.2, 0) is 26.4 Å². The fourth-order valence-corrected chi connectivity index (χ4v) is 5.63. The van der Waals surface area contributed by atoms with Crippen LogP contribution in [0.4, 0.5) is 5.82 Å². The molecule has 0 amide bonds. The van der Waals surface area contributed by atoms with Gasteiger partial charge in [-0.15, -0.1) is 0 Å². The van der Waals surface area contributed by atoms with Gasteiger partial charge in [-0.3, -0.25) is 9.69 Å². The maximum Gasteiger partial charge on any atom is 0.264 e. The molecule has 0 unspecified atom stereocenters. The minimum absolute atomic E-state index is 0.0600. The Bertz CT molecular complexity index is 1360. The first-order valence-electron chi connectivity index (χ1n) is 11.7. The van der Waals surface area contributed by atoms with E-state index in [2.05, 4.69) is 15.2 Å². The Labute approximate surface area is 203 Å². The molecule has 2 aliphatic heterocycles. The van der Waals surface area contributed by atoms with E-state index in [1.807, 2.05) is 0 Å². The largest absolute Gasteiger partial charge is 0.379 e. The Morgan fingerprint density at radius 1 is 1.11 bits per heavy atom. The van der Waals surface area contributed by atoms with Gasteiger partial charge in [0.1, 0.15) is 11.2 Å². The van der Waals surface area contributed by atoms with E-state index in [1.165, 1.54) is 10.9 Å². The summed E-state index contributed by atoms with van der Waals surface area (Å²) in [7, 11) is -1.76. The quantitative estimate of drug-likeness (QED) is 0.514. The number of nitrogens with one attached hydrogen (secondary N) is 1. The van der Waals surface area contributed by atoms with Crippen molar-refractivity contribution in [3.05, 3.63) is 47.0 Å². The van der Waals surface area contributed by atoms with Gasteiger partial charge >= 0.3 is 0 Å². The first-order valence-corrected chi connectivity index (χ1v) is 13.4. The van der Waals surface area contributed by atoms with Crippen LogP contribution in [0.1, 0.15) is 6.42 Å². The molecule has 2 aliphatic rings. The highest BCUT2D eigenvalue weighted by Crippen LogP contribution is 2.27. The Kier molecular flexibility index (Phi) is 6.83. The Hall–Kier alpha value is -2.86. The summed E-state index contributed by atoms with van der Waals surface area (Å²) in [5, 5.41) is 3.77. The van der Waals surface area contributed by atoms with Crippen LogP contribution >= 0.6 is 0 Å². The molecule has 0 spiro atoms. The molecule has 3 aromatic rings. The van der Waals surface area contributed by atoms with Gasteiger partial charge in [0.15, 0.2) is 9.84 Å². The van der Waals surface area contributed by atoms with Crippen LogP contribution in [-0.4, -0.2) is 85.7 Å². The van der Waals surface area contributed by atoms with Crippen molar-refractivity contribution in [3.63, 3.8) is 0 Å². The standard InChI is InChI=1S/C24H29N5O5S/c1-28-16-25-21-14-20(27-23(22(21)24(28)30)26-18-6-10-34-15-18)17-2-4-19(5-3-17)35(31,32)13-9-29-7-11-33-12-8-29/h2-5,14,16,18H,6-13,15H2,1H3,(H,26,27)/t18-/m1/s1. The van der Waals surface area contributed by atoms with E-state index < -0.39 is 9.84 Å². The molecule has 11 heteroatoms. The van der Waals surface area contributed by atoms with Crippen molar-refractivity contribution in [2.24, 2.45) is 7.05 Å². The van der Waals surface area contributed by atoms with E-state index in [4.69, 9.17) is 14.5 Å². The smallest absolute Gasteiger partial charge is 0.264 e. The first kappa shape index (κ1) is 23.9. The van der Waals surface area contributed by atoms with Gasteiger partial charge in [0.25, 0.3) is 5.56 Å². The summed E-state index contributed by atoms with van der Waals surface area (Å²) < 4.78 is 38.0. The topological polar surface area (TPSA) is 116 Å². The van der Waals surface area contributed by atoms with Crippen molar-refractivity contribution in [2.45, 2.75) is 17.4 Å². The SMILES string of the molecule is Cn1cnc2cc(-c3ccc(S(=O)(=O)CCN4CCOCC4)cc3)nc(N[C@@H]3CCOC3)c2c1=O. The summed E-state index contributed by atoms with van der Waals surface area (Å²) in [5.41, 5.74) is 1.70. The van der Waals surface area contributed by atoms with Crippen LogP contribution in [0.5, 0.6) is 0 Å². The fraction of sp³-hybridized carbons (Fsp3) is 0.458. The predicted octanol–water partition coefficient (Wildman–Crippen LogP) is 1.30. The van der Waals surface area contributed by atoms with Gasteiger partial charge in [0, 0.05) is 38.9 Å². The van der Waals surface area contributed by atoms with Crippen LogP contribution in [0, 0.1) is 0 Å². The van der Waals surface area contributed by atoms with E-state index >= 15 is 0 Å². The van der Waals surface area contributed by atoms with Crippen molar-refractivity contribution in [3.8, 4) is 11.3 Å². The normalized spacial score (nSPS) is 19.3. The molecule has 0 radical (unpaired) electrons. The lowest BCUT2D eigenvalue weighted by molar-refractivity contribution is 0.0408. The van der Waals surface area contributed by atoms with Gasteiger partial charge in [0.05, 0.1) is 54.0 Å². The molecule has 186 valence electrons. The Morgan fingerprint density at radius 3 is 2.60 bits per heavy atom. The molecule has 35 heavy (non-hydrogen) atoms. The number of hydrogen-bond donors (Lipinski definition) is 1. The maximum atomic E-state index is 12.9. The van der Waals surface area contributed by atoms with Crippen LogP contribution in [0.15, 0.2) is 46.3 Å². The number of anilines is 1. The van der Waals surface area contributed by atoms with E-state index in [0.29, 0.717) is 55.4 Å². The Balaban J connectivity index is 1.42. The van der Waals surface area contributed by atoms with Gasteiger partial charge in [-0.2, -0.15) is 0 Å². The molecule has 0 saturated carbocycles. The van der Waals surface area contributed by atoms with E-state index in [9.17, 15) is 13.2 Å². The van der Waals surface area contributed by atoms with Crippen molar-refractivity contribution in [1.82, 2.24) is 19.4 Å². The van der Waals surface area contributed by atoms with Crippen molar-refractivity contribution in [2.75, 3.05) is 57.1 Å². The lowest BCUT2D eigenvalue weighted by Gasteiger charge is -2.26. The average Bonchev–Trinajstić information content (AvgIpc) is 3.39. The van der Waals surface area contributed by atoms with Gasteiger partial charge in [-0.1, -0.05) is 12.1 Å². The predicted molar refractivity (Wildman–Crippen MR) is 132 cm³/mol. The summed E-state index contributed by atoms with van der Waals surface area (Å²) in [6.07, 6.45) is 2.31. The minimum atomic E-state index is -3.41. The molecule has 10 nitrogen and oxygen atoms in total. The molecule has 1 N–H and O–H groups in total. The summed E-state index contributed by atoms with van der Waals surface area (Å²) in [5.74, 6) is 0.523. The number of rotatable bonds is 7. The fourth-order valence-electron chi connectivity index (χ4n) is 4.34. The summed E-state index contributed by atoms with van der Waals surface area (Å²) in [6, 6.07) is 8.55. The second kappa shape index (κ2) is 10.0. The second-order valence-electron chi connectivity index (χ2n) is 8.91. The molecule has 1 aromatic carbocycles. The molecular formula is C24H29N5O5S. The third kappa shape index (κ3) is 5.22. The summed E-state index contributed by atoms with van der Waals surface area (Å²) in [6.45, 7) is 4.47. The van der Waals surface area contributed by atoms with Gasteiger partial charge < -0.3 is 19.4 Å². The molecule has 1 atom stereocenters. The Morgan fingerprint density at radius 2 is 1.89 bits per heavy atom. The highest BCUT2D eigenvalue weighted by Gasteiger charge is 2.21. The number of pyridine rings is 1. The molecule has 5 rings (SSSR count). The van der Waals surface area contributed by atoms with Crippen LogP contribution in [0.2, 0.25) is 0 Å². The summed E-state index contributed by atoms with van der Waals surface area (Å²) in [4.78, 5) is 24.4. The van der Waals surface area contributed by atoms with Gasteiger partial charge in [-0.05, 0) is 24.6 Å². The van der Waals surface area contributed by atoms with E-state index in [0.717, 1.165) is 25.1 Å². The highest BCUT2D eigenvalue weighted by atomic mass is 32.2. The molecule has 2 fully saturated rings. The van der Waals surface area contributed by atoms with Crippen molar-refractivity contribution < 1.29 is 17.9 Å². The van der Waals surface area contributed by atoms with E-state index in [-0.39, 0.29) is 22.2 Å². The van der Waals surface area contributed by atoms with Crippen molar-refractivity contribution >= 4 is 26.6 Å². The molecular weight excluding hydrogens is 470 g/mol. The number of morpholine rings is 1. The van der Waals surface area contributed by atoms with Gasteiger partial charge in [-0.25, -0.2) is 18.4 Å². The third-order valence-corrected chi connectivity index (χ3v) is 8.17. The zero-order valence-electron chi connectivity index (χ0n) is 19.6. The van der Waals surface area contributed by atoms with Crippen LogP contribution < -0.4 is 10.9 Å². The zero-order chi connectivity index (χ0) is 24.4. The van der Waals surface area contributed by atoms with E-state index in [1.54, 1.807) is 37.4 Å². The molecule has 0 bridgehead atoms. The number of ether oxygens (including phenoxy) is 2. The first-order chi connectivity index (χ1) is 16.9. The third-order valence-electron chi connectivity index (χ3n) is 6.46. The van der Waals surface area contributed by atoms with Crippen LogP contribution in [0.25, 0.3) is 22.2 Å². The number of benzene rings is 1. The maximum absolute atomic E-state index is 12.9. The molecule has 2 aromatic heterocycles. The number of aromatic nitrogens is 3. The minimum Gasteiger partial charge on any atom is -0.379 e. The molecule has 4 heterocycles. The highest BCUT2D eigenvalue weighted by molar-refractivity contribution is 7.91. The number of hydrogen-bond acceptors (Lipinski definition) is 9. The number of fused-ring (bicyclic) bond motifs is 1. The summed E-state index contributed by atoms with van der Waals surface area (Å²) >= 11 is 0. The lowest BCUT2D eigenvalue weighted by Crippen LogP contribution is -2.39. The number of sulfone groups is 1. The number of nitrogens with zero attached hydrogens (tertiary/aromatic N) is 4. The monoisotopic (exact) mass is 499 g/mol. The average molecular weight is 500 g/mol. The molecule has 0 aliphatic carbocycles. The second-order valence-corrected chi connectivity index (χ2v) is 11.0. The van der Waals surface area contributed by atoms with Gasteiger partial charge in [0.2, 0.25) is 0 Å². The van der Waals surface area contributed by atoms with Crippen molar-refractivity contribution in [1.29, 1.82) is 0 Å². The molecule has 2 saturated heterocycles.